The van der Waals surface area contributed by atoms with Crippen LogP contribution >= 0.6 is 0 Å². The number of pyridine rings is 1. The maximum absolute atomic E-state index is 13.9. The number of ether oxygens (including phenoxy) is 1. The van der Waals surface area contributed by atoms with E-state index < -0.39 is 23.2 Å². The SMILES string of the molecule is CC(C)C[C@](C)(N)COc1ccc(-c2ccnc(NC(=O)c3cc(C(C)C)[nH]n3)c2)cc1C(F)(F)F. The molecule has 0 saturated heterocycles. The Kier molecular flexibility index (Phi) is 8.08. The molecule has 0 radical (unpaired) electrons. The van der Waals surface area contributed by atoms with E-state index in [1.807, 2.05) is 27.7 Å². The zero-order valence-electron chi connectivity index (χ0n) is 21.0. The Bertz CT molecular complexity index is 1200. The van der Waals surface area contributed by atoms with Crippen LogP contribution in [0.3, 0.4) is 0 Å². The lowest BCUT2D eigenvalue weighted by atomic mass is 9.93. The molecule has 0 fully saturated rings. The summed E-state index contributed by atoms with van der Waals surface area (Å²) in [6, 6.07) is 8.56. The summed E-state index contributed by atoms with van der Waals surface area (Å²) in [5.74, 6) is -0.126. The molecule has 3 aromatic rings. The highest BCUT2D eigenvalue weighted by molar-refractivity contribution is 6.02. The van der Waals surface area contributed by atoms with E-state index in [1.54, 1.807) is 19.1 Å². The third-order valence-corrected chi connectivity index (χ3v) is 5.50. The maximum atomic E-state index is 13.9. The van der Waals surface area contributed by atoms with E-state index in [-0.39, 0.29) is 35.7 Å². The van der Waals surface area contributed by atoms with Gasteiger partial charge in [-0.3, -0.25) is 9.89 Å². The van der Waals surface area contributed by atoms with E-state index in [0.717, 1.165) is 11.8 Å². The van der Waals surface area contributed by atoms with Gasteiger partial charge in [-0.1, -0.05) is 33.8 Å². The largest absolute Gasteiger partial charge is 0.491 e. The first kappa shape index (κ1) is 27.2. The second-order valence-electron chi connectivity index (χ2n) is 10.00. The standard InChI is InChI=1S/C26H32F3N5O2/c1-15(2)13-25(5,30)14-36-22-7-6-17(10-19(22)26(27,28)29)18-8-9-31-23(11-18)32-24(35)21-12-20(16(3)4)33-34-21/h6-12,15-16H,13-14,30H2,1-5H3,(H,33,34)(H,31,32,35)/t25-/m0/s1. The first-order chi connectivity index (χ1) is 16.7. The van der Waals surface area contributed by atoms with Crippen LogP contribution in [0.4, 0.5) is 19.0 Å². The molecule has 0 saturated carbocycles. The van der Waals surface area contributed by atoms with Gasteiger partial charge in [0, 0.05) is 17.4 Å². The number of hydrogen-bond donors (Lipinski definition) is 3. The van der Waals surface area contributed by atoms with E-state index in [9.17, 15) is 18.0 Å². The molecule has 7 nitrogen and oxygen atoms in total. The van der Waals surface area contributed by atoms with Gasteiger partial charge in [-0.15, -0.1) is 0 Å². The van der Waals surface area contributed by atoms with Gasteiger partial charge in [0.25, 0.3) is 5.91 Å². The highest BCUT2D eigenvalue weighted by Gasteiger charge is 2.35. The highest BCUT2D eigenvalue weighted by Crippen LogP contribution is 2.39. The molecule has 0 unspecified atom stereocenters. The van der Waals surface area contributed by atoms with Gasteiger partial charge in [0.2, 0.25) is 0 Å². The molecule has 0 aliphatic heterocycles. The number of alkyl halides is 3. The molecule has 2 heterocycles. The number of nitrogens with zero attached hydrogens (tertiary/aromatic N) is 2. The van der Waals surface area contributed by atoms with Crippen LogP contribution < -0.4 is 15.8 Å². The van der Waals surface area contributed by atoms with Crippen LogP contribution in [0.25, 0.3) is 11.1 Å². The zero-order chi connectivity index (χ0) is 26.7. The Labute approximate surface area is 208 Å². The molecule has 0 aliphatic carbocycles. The number of hydrogen-bond acceptors (Lipinski definition) is 5. The molecule has 3 rings (SSSR count). The Hall–Kier alpha value is -3.40. The summed E-state index contributed by atoms with van der Waals surface area (Å²) in [6.45, 7) is 9.62. The third-order valence-electron chi connectivity index (χ3n) is 5.50. The predicted octanol–water partition coefficient (Wildman–Crippen LogP) is 6.01. The van der Waals surface area contributed by atoms with Crippen LogP contribution in [0.2, 0.25) is 0 Å². The van der Waals surface area contributed by atoms with Crippen LogP contribution in [0.5, 0.6) is 5.75 Å². The van der Waals surface area contributed by atoms with Crippen LogP contribution in [-0.2, 0) is 6.18 Å². The number of nitrogens with one attached hydrogen (secondary N) is 2. The maximum Gasteiger partial charge on any atom is 0.419 e. The van der Waals surface area contributed by atoms with Crippen molar-refractivity contribution in [3.8, 4) is 16.9 Å². The number of H-pyrrole nitrogens is 1. The molecule has 2 aromatic heterocycles. The number of amides is 1. The lowest BCUT2D eigenvalue weighted by Crippen LogP contribution is -2.43. The summed E-state index contributed by atoms with van der Waals surface area (Å²) in [7, 11) is 0. The van der Waals surface area contributed by atoms with Gasteiger partial charge in [-0.25, -0.2) is 4.98 Å². The molecule has 0 aliphatic rings. The fraction of sp³-hybridized carbons (Fsp3) is 0.423. The number of aromatic amines is 1. The van der Waals surface area contributed by atoms with Gasteiger partial charge >= 0.3 is 6.18 Å². The molecule has 36 heavy (non-hydrogen) atoms. The second kappa shape index (κ2) is 10.7. The zero-order valence-corrected chi connectivity index (χ0v) is 21.0. The average molecular weight is 504 g/mol. The molecule has 10 heteroatoms. The molecule has 0 bridgehead atoms. The van der Waals surface area contributed by atoms with Gasteiger partial charge < -0.3 is 15.8 Å². The number of halogens is 3. The fourth-order valence-corrected chi connectivity index (χ4v) is 3.90. The lowest BCUT2D eigenvalue weighted by molar-refractivity contribution is -0.139. The van der Waals surface area contributed by atoms with Gasteiger partial charge in [0.1, 0.15) is 18.2 Å². The molecule has 0 spiro atoms. The highest BCUT2D eigenvalue weighted by atomic mass is 19.4. The minimum Gasteiger partial charge on any atom is -0.491 e. The predicted molar refractivity (Wildman–Crippen MR) is 133 cm³/mol. The quantitative estimate of drug-likeness (QED) is 0.332. The average Bonchev–Trinajstić information content (AvgIpc) is 3.27. The van der Waals surface area contributed by atoms with Crippen molar-refractivity contribution in [2.24, 2.45) is 11.7 Å². The summed E-state index contributed by atoms with van der Waals surface area (Å²) in [4.78, 5) is 16.6. The van der Waals surface area contributed by atoms with Crippen molar-refractivity contribution in [3.63, 3.8) is 0 Å². The summed E-state index contributed by atoms with van der Waals surface area (Å²) in [5.41, 5.74) is 6.29. The molecular formula is C26H32F3N5O2. The number of aromatic nitrogens is 3. The van der Waals surface area contributed by atoms with E-state index in [4.69, 9.17) is 10.5 Å². The second-order valence-corrected chi connectivity index (χ2v) is 10.00. The number of benzene rings is 1. The molecule has 1 aromatic carbocycles. The first-order valence-corrected chi connectivity index (χ1v) is 11.7. The van der Waals surface area contributed by atoms with Gasteiger partial charge in [-0.05, 0) is 66.6 Å². The third kappa shape index (κ3) is 7.07. The Morgan fingerprint density at radius 2 is 1.81 bits per heavy atom. The Morgan fingerprint density at radius 3 is 2.42 bits per heavy atom. The number of anilines is 1. The van der Waals surface area contributed by atoms with Crippen molar-refractivity contribution < 1.29 is 22.7 Å². The minimum atomic E-state index is -4.63. The minimum absolute atomic E-state index is 0.0508. The van der Waals surface area contributed by atoms with Crippen molar-refractivity contribution >= 4 is 11.7 Å². The molecular weight excluding hydrogens is 471 g/mol. The number of rotatable bonds is 9. The van der Waals surface area contributed by atoms with E-state index in [1.165, 1.54) is 24.4 Å². The molecule has 1 atom stereocenters. The van der Waals surface area contributed by atoms with Crippen LogP contribution in [0.1, 0.15) is 68.7 Å². The van der Waals surface area contributed by atoms with Gasteiger partial charge in [0.15, 0.2) is 5.69 Å². The van der Waals surface area contributed by atoms with Crippen molar-refractivity contribution in [1.82, 2.24) is 15.2 Å². The lowest BCUT2D eigenvalue weighted by Gasteiger charge is -2.27. The van der Waals surface area contributed by atoms with Crippen LogP contribution in [0, 0.1) is 5.92 Å². The van der Waals surface area contributed by atoms with E-state index >= 15 is 0 Å². The van der Waals surface area contributed by atoms with Crippen molar-refractivity contribution in [2.75, 3.05) is 11.9 Å². The summed E-state index contributed by atoms with van der Waals surface area (Å²) in [5, 5.41) is 9.44. The van der Waals surface area contributed by atoms with Crippen molar-refractivity contribution in [2.45, 2.75) is 58.7 Å². The van der Waals surface area contributed by atoms with Gasteiger partial charge in [0.05, 0.1) is 5.56 Å². The summed E-state index contributed by atoms with van der Waals surface area (Å²) < 4.78 is 47.2. The van der Waals surface area contributed by atoms with Crippen molar-refractivity contribution in [3.05, 3.63) is 59.5 Å². The summed E-state index contributed by atoms with van der Waals surface area (Å²) >= 11 is 0. The Morgan fingerprint density at radius 1 is 1.11 bits per heavy atom. The molecule has 4 N–H and O–H groups in total. The molecule has 1 amide bonds. The van der Waals surface area contributed by atoms with E-state index in [2.05, 4.69) is 20.5 Å². The smallest absolute Gasteiger partial charge is 0.419 e. The monoisotopic (exact) mass is 503 g/mol. The number of carbonyl (C=O) groups is 1. The number of nitrogens with two attached hydrogens (primary N) is 1. The fourth-order valence-electron chi connectivity index (χ4n) is 3.90. The van der Waals surface area contributed by atoms with Gasteiger partial charge in [-0.2, -0.15) is 18.3 Å². The number of carbonyl (C=O) groups excluding carboxylic acids is 1. The van der Waals surface area contributed by atoms with Crippen LogP contribution in [0.15, 0.2) is 42.6 Å². The molecule has 194 valence electrons. The topological polar surface area (TPSA) is 106 Å². The summed E-state index contributed by atoms with van der Waals surface area (Å²) in [6.07, 6.45) is -2.61. The first-order valence-electron chi connectivity index (χ1n) is 11.7. The normalized spacial score (nSPS) is 13.6. The van der Waals surface area contributed by atoms with Crippen molar-refractivity contribution in [1.29, 1.82) is 0 Å². The Balaban J connectivity index is 1.83. The van der Waals surface area contributed by atoms with E-state index in [0.29, 0.717) is 17.5 Å². The van der Waals surface area contributed by atoms with Crippen LogP contribution in [-0.4, -0.2) is 33.2 Å².